The molecule has 0 bridgehead atoms. The molecule has 0 saturated carbocycles. The predicted octanol–water partition coefficient (Wildman–Crippen LogP) is 4.19. The van der Waals surface area contributed by atoms with E-state index < -0.39 is 0 Å². The largest absolute Gasteiger partial charge is 0.497 e. The Morgan fingerprint density at radius 2 is 1.67 bits per heavy atom. The van der Waals surface area contributed by atoms with Crippen molar-refractivity contribution in [3.05, 3.63) is 59.7 Å². The summed E-state index contributed by atoms with van der Waals surface area (Å²) >= 11 is 0. The van der Waals surface area contributed by atoms with Crippen molar-refractivity contribution in [2.45, 2.75) is 32.4 Å². The number of para-hydroxylation sites is 1. The molecular formula is C18H21NO2. The molecule has 1 atom stereocenters. The summed E-state index contributed by atoms with van der Waals surface area (Å²) in [5.74, 6) is 1.81. The normalized spacial score (nSPS) is 18.2. The smallest absolute Gasteiger partial charge is 0.152 e. The SMILES string of the molecule is COc1ccc(C2c3ccccc3ON2C(C)(C)C)cc1. The maximum Gasteiger partial charge on any atom is 0.152 e. The van der Waals surface area contributed by atoms with Crippen LogP contribution in [0.2, 0.25) is 0 Å². The fourth-order valence-corrected chi connectivity index (χ4v) is 2.70. The van der Waals surface area contributed by atoms with Crippen molar-refractivity contribution < 1.29 is 9.57 Å². The predicted molar refractivity (Wildman–Crippen MR) is 83.5 cm³/mol. The Bertz CT molecular complexity index is 628. The molecule has 0 amide bonds. The molecule has 0 fully saturated rings. The molecule has 3 rings (SSSR count). The van der Waals surface area contributed by atoms with Crippen molar-refractivity contribution in [2.24, 2.45) is 0 Å². The summed E-state index contributed by atoms with van der Waals surface area (Å²) in [5.41, 5.74) is 2.32. The molecule has 0 aliphatic carbocycles. The van der Waals surface area contributed by atoms with E-state index in [0.29, 0.717) is 0 Å². The van der Waals surface area contributed by atoms with Crippen LogP contribution in [0.4, 0.5) is 0 Å². The lowest BCUT2D eigenvalue weighted by Crippen LogP contribution is -2.43. The van der Waals surface area contributed by atoms with E-state index in [1.165, 1.54) is 11.1 Å². The zero-order valence-corrected chi connectivity index (χ0v) is 13.0. The summed E-state index contributed by atoms with van der Waals surface area (Å²) < 4.78 is 5.25. The van der Waals surface area contributed by atoms with Crippen LogP contribution in [0.3, 0.4) is 0 Å². The van der Waals surface area contributed by atoms with Gasteiger partial charge in [-0.3, -0.25) is 0 Å². The first-order valence-electron chi connectivity index (χ1n) is 7.21. The van der Waals surface area contributed by atoms with Gasteiger partial charge in [0.15, 0.2) is 5.75 Å². The molecule has 0 saturated heterocycles. The minimum absolute atomic E-state index is 0.0936. The zero-order valence-electron chi connectivity index (χ0n) is 13.0. The zero-order chi connectivity index (χ0) is 15.0. The molecule has 1 heterocycles. The highest BCUT2D eigenvalue weighted by molar-refractivity contribution is 5.45. The van der Waals surface area contributed by atoms with Gasteiger partial charge in [0.2, 0.25) is 0 Å². The van der Waals surface area contributed by atoms with Gasteiger partial charge in [0.05, 0.1) is 7.11 Å². The average Bonchev–Trinajstić information content (AvgIpc) is 2.87. The molecule has 3 heteroatoms. The molecule has 1 aliphatic rings. The van der Waals surface area contributed by atoms with Crippen LogP contribution in [-0.4, -0.2) is 17.7 Å². The van der Waals surface area contributed by atoms with Gasteiger partial charge in [0.25, 0.3) is 0 Å². The second kappa shape index (κ2) is 5.08. The topological polar surface area (TPSA) is 21.7 Å². The molecule has 3 nitrogen and oxygen atoms in total. The number of hydrogen-bond acceptors (Lipinski definition) is 3. The molecule has 110 valence electrons. The van der Waals surface area contributed by atoms with Crippen LogP contribution in [0.25, 0.3) is 0 Å². The van der Waals surface area contributed by atoms with E-state index in [9.17, 15) is 0 Å². The van der Waals surface area contributed by atoms with Crippen molar-refractivity contribution >= 4 is 0 Å². The number of benzene rings is 2. The van der Waals surface area contributed by atoms with Crippen LogP contribution < -0.4 is 9.57 Å². The highest BCUT2D eigenvalue weighted by atomic mass is 16.7. The van der Waals surface area contributed by atoms with Crippen LogP contribution in [0.5, 0.6) is 11.5 Å². The summed E-state index contributed by atoms with van der Waals surface area (Å²) in [4.78, 5) is 6.10. The molecule has 0 aromatic heterocycles. The molecule has 1 unspecified atom stereocenters. The lowest BCUT2D eigenvalue weighted by molar-refractivity contribution is -0.128. The molecule has 2 aromatic rings. The number of nitrogens with zero attached hydrogens (tertiary/aromatic N) is 1. The van der Waals surface area contributed by atoms with Crippen LogP contribution in [0, 0.1) is 0 Å². The highest BCUT2D eigenvalue weighted by Crippen LogP contribution is 2.44. The van der Waals surface area contributed by atoms with Crippen molar-refractivity contribution in [2.75, 3.05) is 7.11 Å². The summed E-state index contributed by atoms with van der Waals surface area (Å²) in [6, 6.07) is 16.5. The van der Waals surface area contributed by atoms with Gasteiger partial charge < -0.3 is 9.57 Å². The number of hydrogen-bond donors (Lipinski definition) is 0. The molecular weight excluding hydrogens is 262 g/mol. The van der Waals surface area contributed by atoms with Gasteiger partial charge >= 0.3 is 0 Å². The second-order valence-electron chi connectivity index (χ2n) is 6.30. The standard InChI is InChI=1S/C18H21NO2/c1-18(2,3)19-17(13-9-11-14(20-4)12-10-13)15-7-5-6-8-16(15)21-19/h5-12,17H,1-4H3. The number of rotatable bonds is 2. The summed E-state index contributed by atoms with van der Waals surface area (Å²) in [7, 11) is 1.68. The molecule has 21 heavy (non-hydrogen) atoms. The summed E-state index contributed by atoms with van der Waals surface area (Å²) in [5, 5.41) is 2.07. The Kier molecular flexibility index (Phi) is 3.38. The Labute approximate surface area is 126 Å². The van der Waals surface area contributed by atoms with Gasteiger partial charge in [-0.1, -0.05) is 30.3 Å². The van der Waals surface area contributed by atoms with Crippen LogP contribution in [0.1, 0.15) is 37.9 Å². The second-order valence-corrected chi connectivity index (χ2v) is 6.30. The fraction of sp³-hybridized carbons (Fsp3) is 0.333. The van der Waals surface area contributed by atoms with Crippen molar-refractivity contribution in [3.63, 3.8) is 0 Å². The van der Waals surface area contributed by atoms with Crippen LogP contribution in [-0.2, 0) is 0 Å². The highest BCUT2D eigenvalue weighted by Gasteiger charge is 2.40. The summed E-state index contributed by atoms with van der Waals surface area (Å²) in [6.07, 6.45) is 0. The molecule has 2 aromatic carbocycles. The van der Waals surface area contributed by atoms with E-state index >= 15 is 0 Å². The van der Waals surface area contributed by atoms with Gasteiger partial charge in [0.1, 0.15) is 11.8 Å². The first kappa shape index (κ1) is 14.0. The molecule has 0 spiro atoms. The van der Waals surface area contributed by atoms with E-state index in [-0.39, 0.29) is 11.6 Å². The maximum atomic E-state index is 6.10. The fourth-order valence-electron chi connectivity index (χ4n) is 2.70. The number of hydroxylamine groups is 2. The lowest BCUT2D eigenvalue weighted by atomic mass is 9.95. The quantitative estimate of drug-likeness (QED) is 0.824. The Morgan fingerprint density at radius 1 is 1.00 bits per heavy atom. The first-order valence-corrected chi connectivity index (χ1v) is 7.21. The van der Waals surface area contributed by atoms with Gasteiger partial charge in [-0.15, -0.1) is 5.06 Å². The first-order chi connectivity index (χ1) is 10.0. The van der Waals surface area contributed by atoms with E-state index in [2.05, 4.69) is 50.1 Å². The Hall–Kier alpha value is -2.00. The Balaban J connectivity index is 2.06. The van der Waals surface area contributed by atoms with Crippen molar-refractivity contribution in [1.29, 1.82) is 0 Å². The average molecular weight is 283 g/mol. The number of methoxy groups -OCH3 is 1. The maximum absolute atomic E-state index is 6.10. The molecule has 0 N–H and O–H groups in total. The minimum atomic E-state index is -0.0936. The molecule has 0 radical (unpaired) electrons. The number of ether oxygens (including phenoxy) is 1. The molecule has 1 aliphatic heterocycles. The van der Waals surface area contributed by atoms with Crippen LogP contribution in [0.15, 0.2) is 48.5 Å². The Morgan fingerprint density at radius 3 is 2.29 bits per heavy atom. The van der Waals surface area contributed by atoms with Gasteiger partial charge in [-0.2, -0.15) is 0 Å². The van der Waals surface area contributed by atoms with Crippen molar-refractivity contribution in [3.8, 4) is 11.5 Å². The third-order valence-corrected chi connectivity index (χ3v) is 3.74. The minimum Gasteiger partial charge on any atom is -0.497 e. The van der Waals surface area contributed by atoms with Gasteiger partial charge in [0, 0.05) is 11.1 Å². The lowest BCUT2D eigenvalue weighted by Gasteiger charge is -2.34. The van der Waals surface area contributed by atoms with E-state index in [1.54, 1.807) is 7.11 Å². The summed E-state index contributed by atoms with van der Waals surface area (Å²) in [6.45, 7) is 6.49. The third kappa shape index (κ3) is 2.49. The van der Waals surface area contributed by atoms with Crippen molar-refractivity contribution in [1.82, 2.24) is 5.06 Å². The third-order valence-electron chi connectivity index (χ3n) is 3.74. The van der Waals surface area contributed by atoms with Crippen LogP contribution >= 0.6 is 0 Å². The monoisotopic (exact) mass is 283 g/mol. The van der Waals surface area contributed by atoms with E-state index in [4.69, 9.17) is 9.57 Å². The van der Waals surface area contributed by atoms with E-state index in [0.717, 1.165) is 11.5 Å². The van der Waals surface area contributed by atoms with Gasteiger partial charge in [-0.05, 0) is 44.5 Å². The number of fused-ring (bicyclic) bond motifs is 1. The van der Waals surface area contributed by atoms with Gasteiger partial charge in [-0.25, -0.2) is 0 Å². The van der Waals surface area contributed by atoms with E-state index in [1.807, 2.05) is 24.3 Å².